The van der Waals surface area contributed by atoms with Crippen LogP contribution in [0.3, 0.4) is 0 Å². The van der Waals surface area contributed by atoms with Crippen molar-refractivity contribution < 1.29 is 0 Å². The van der Waals surface area contributed by atoms with Crippen LogP contribution in [0.25, 0.3) is 11.0 Å². The van der Waals surface area contributed by atoms with Crippen LogP contribution in [0, 0.1) is 11.8 Å². The molecule has 0 saturated heterocycles. The summed E-state index contributed by atoms with van der Waals surface area (Å²) in [7, 11) is 1.83. The van der Waals surface area contributed by atoms with Gasteiger partial charge in [-0.3, -0.25) is 5.10 Å². The van der Waals surface area contributed by atoms with Crippen LogP contribution in [-0.4, -0.2) is 33.3 Å². The molecule has 3 unspecified atom stereocenters. The van der Waals surface area contributed by atoms with Crippen molar-refractivity contribution in [2.24, 2.45) is 11.8 Å². The quantitative estimate of drug-likeness (QED) is 0.798. The molecule has 2 aromatic heterocycles. The number of hydrogen-bond acceptors (Lipinski definition) is 5. The highest BCUT2D eigenvalue weighted by molar-refractivity contribution is 5.87. The van der Waals surface area contributed by atoms with Gasteiger partial charge in [0.25, 0.3) is 0 Å². The fourth-order valence-electron chi connectivity index (χ4n) is 3.26. The number of aromatic nitrogens is 4. The minimum atomic E-state index is 0.484. The van der Waals surface area contributed by atoms with Crippen LogP contribution in [0.5, 0.6) is 0 Å². The zero-order valence-corrected chi connectivity index (χ0v) is 12.3. The molecule has 1 aliphatic carbocycles. The van der Waals surface area contributed by atoms with Gasteiger partial charge < -0.3 is 10.6 Å². The van der Waals surface area contributed by atoms with Crippen molar-refractivity contribution in [3.8, 4) is 0 Å². The zero-order chi connectivity index (χ0) is 14.1. The van der Waals surface area contributed by atoms with Crippen LogP contribution >= 0.6 is 0 Å². The van der Waals surface area contributed by atoms with E-state index in [9.17, 15) is 0 Å². The summed E-state index contributed by atoms with van der Waals surface area (Å²) < 4.78 is 0. The van der Waals surface area contributed by atoms with Gasteiger partial charge >= 0.3 is 0 Å². The van der Waals surface area contributed by atoms with Crippen molar-refractivity contribution in [2.75, 3.05) is 17.7 Å². The van der Waals surface area contributed by atoms with Gasteiger partial charge in [-0.25, -0.2) is 0 Å². The second-order valence-electron chi connectivity index (χ2n) is 5.63. The lowest BCUT2D eigenvalue weighted by Crippen LogP contribution is -2.25. The first kappa shape index (κ1) is 13.1. The van der Waals surface area contributed by atoms with E-state index in [1.807, 2.05) is 7.05 Å². The minimum Gasteiger partial charge on any atom is -0.366 e. The predicted molar refractivity (Wildman–Crippen MR) is 80.8 cm³/mol. The number of nitrogens with one attached hydrogen (secondary N) is 3. The third kappa shape index (κ3) is 2.19. The molecule has 6 nitrogen and oxygen atoms in total. The van der Waals surface area contributed by atoms with Crippen LogP contribution < -0.4 is 10.6 Å². The van der Waals surface area contributed by atoms with Crippen molar-refractivity contribution in [3.05, 3.63) is 6.20 Å². The van der Waals surface area contributed by atoms with E-state index in [-0.39, 0.29) is 0 Å². The van der Waals surface area contributed by atoms with Crippen LogP contribution in [0.4, 0.5) is 11.8 Å². The fourth-order valence-corrected chi connectivity index (χ4v) is 3.26. The zero-order valence-electron chi connectivity index (χ0n) is 12.3. The molecule has 3 N–H and O–H groups in total. The van der Waals surface area contributed by atoms with E-state index in [1.54, 1.807) is 6.20 Å². The number of hydrogen-bond donors (Lipinski definition) is 3. The Hall–Kier alpha value is -1.85. The molecule has 3 rings (SSSR count). The molecule has 1 aliphatic rings. The van der Waals surface area contributed by atoms with E-state index in [1.165, 1.54) is 19.3 Å². The molecule has 2 heterocycles. The molecule has 0 amide bonds. The van der Waals surface area contributed by atoms with Crippen molar-refractivity contribution in [3.63, 3.8) is 0 Å². The summed E-state index contributed by atoms with van der Waals surface area (Å²) >= 11 is 0. The lowest BCUT2D eigenvalue weighted by Gasteiger charge is -2.21. The lowest BCUT2D eigenvalue weighted by molar-refractivity contribution is 0.391. The van der Waals surface area contributed by atoms with Gasteiger partial charge in [0, 0.05) is 13.1 Å². The van der Waals surface area contributed by atoms with Gasteiger partial charge in [0.2, 0.25) is 5.95 Å². The second kappa shape index (κ2) is 5.26. The highest BCUT2D eigenvalue weighted by atomic mass is 15.2. The van der Waals surface area contributed by atoms with Crippen molar-refractivity contribution in [1.82, 2.24) is 20.2 Å². The normalized spacial score (nSPS) is 26.1. The Bertz CT molecular complexity index is 592. The summed E-state index contributed by atoms with van der Waals surface area (Å²) in [5.74, 6) is 2.98. The number of anilines is 2. The van der Waals surface area contributed by atoms with Crippen molar-refractivity contribution in [2.45, 2.75) is 39.2 Å². The average Bonchev–Trinajstić information content (AvgIpc) is 3.06. The number of rotatable bonds is 4. The monoisotopic (exact) mass is 274 g/mol. The molecular weight excluding hydrogens is 252 g/mol. The molecule has 2 aromatic rings. The molecular formula is C14H22N6. The van der Waals surface area contributed by atoms with Crippen molar-refractivity contribution in [1.29, 1.82) is 0 Å². The Labute approximate surface area is 118 Å². The van der Waals surface area contributed by atoms with E-state index in [2.05, 4.69) is 44.6 Å². The summed E-state index contributed by atoms with van der Waals surface area (Å²) in [4.78, 5) is 8.91. The fraction of sp³-hybridized carbons (Fsp3) is 0.643. The molecule has 0 aromatic carbocycles. The maximum absolute atomic E-state index is 4.55. The number of aromatic amines is 1. The third-order valence-electron chi connectivity index (χ3n) is 4.61. The molecule has 108 valence electrons. The maximum Gasteiger partial charge on any atom is 0.226 e. The first-order valence-corrected chi connectivity index (χ1v) is 7.38. The summed E-state index contributed by atoms with van der Waals surface area (Å²) in [6, 6.07) is 0.484. The molecule has 0 aliphatic heterocycles. The first-order valence-electron chi connectivity index (χ1n) is 7.38. The van der Waals surface area contributed by atoms with E-state index in [0.717, 1.165) is 22.8 Å². The minimum absolute atomic E-state index is 0.484. The number of H-pyrrole nitrogens is 1. The molecule has 1 saturated carbocycles. The van der Waals surface area contributed by atoms with Gasteiger partial charge in [-0.15, -0.1) is 0 Å². The molecule has 6 heteroatoms. The Morgan fingerprint density at radius 2 is 2.20 bits per heavy atom. The van der Waals surface area contributed by atoms with Gasteiger partial charge in [-0.2, -0.15) is 15.1 Å². The van der Waals surface area contributed by atoms with Gasteiger partial charge in [-0.05, 0) is 24.7 Å². The van der Waals surface area contributed by atoms with Crippen LogP contribution in [0.2, 0.25) is 0 Å². The predicted octanol–water partition coefficient (Wildman–Crippen LogP) is 2.63. The summed E-state index contributed by atoms with van der Waals surface area (Å²) in [5, 5.41) is 14.5. The van der Waals surface area contributed by atoms with E-state index >= 15 is 0 Å². The highest BCUT2D eigenvalue weighted by Gasteiger charge is 2.32. The second-order valence-corrected chi connectivity index (χ2v) is 5.63. The molecule has 0 radical (unpaired) electrons. The summed E-state index contributed by atoms with van der Waals surface area (Å²) in [6.45, 7) is 4.62. The Morgan fingerprint density at radius 1 is 1.35 bits per heavy atom. The van der Waals surface area contributed by atoms with E-state index in [0.29, 0.717) is 17.9 Å². The van der Waals surface area contributed by atoms with E-state index < -0.39 is 0 Å². The molecule has 3 atom stereocenters. The van der Waals surface area contributed by atoms with Gasteiger partial charge in [0.1, 0.15) is 5.82 Å². The molecule has 20 heavy (non-hydrogen) atoms. The molecule has 0 spiro atoms. The SMILES string of the molecule is CCC1CCC(Nc2nc(NC)nc3[nH]ncc23)C1C. The summed E-state index contributed by atoms with van der Waals surface area (Å²) in [6.07, 6.45) is 5.55. The number of fused-ring (bicyclic) bond motifs is 1. The Kier molecular flexibility index (Phi) is 3.46. The van der Waals surface area contributed by atoms with Crippen LogP contribution in [-0.2, 0) is 0 Å². The highest BCUT2D eigenvalue weighted by Crippen LogP contribution is 2.36. The smallest absolute Gasteiger partial charge is 0.226 e. The third-order valence-corrected chi connectivity index (χ3v) is 4.61. The van der Waals surface area contributed by atoms with Gasteiger partial charge in [0.15, 0.2) is 5.65 Å². The Balaban J connectivity index is 1.89. The maximum atomic E-state index is 4.55. The van der Waals surface area contributed by atoms with Gasteiger partial charge in [-0.1, -0.05) is 20.3 Å². The lowest BCUT2D eigenvalue weighted by atomic mass is 9.93. The van der Waals surface area contributed by atoms with Crippen LogP contribution in [0.1, 0.15) is 33.1 Å². The standard InChI is InChI=1S/C14H22N6/c1-4-9-5-6-11(8(9)2)17-12-10-7-16-20-13(10)19-14(15-3)18-12/h7-9,11H,4-6H2,1-3H3,(H3,15,16,17,18,19,20). The molecule has 1 fully saturated rings. The average molecular weight is 274 g/mol. The Morgan fingerprint density at radius 3 is 2.90 bits per heavy atom. The first-order chi connectivity index (χ1) is 9.72. The summed E-state index contributed by atoms with van der Waals surface area (Å²) in [5.41, 5.74) is 0.768. The molecule has 0 bridgehead atoms. The largest absolute Gasteiger partial charge is 0.366 e. The topological polar surface area (TPSA) is 78.5 Å². The number of nitrogens with zero attached hydrogens (tertiary/aromatic N) is 3. The van der Waals surface area contributed by atoms with Gasteiger partial charge in [0.05, 0.1) is 11.6 Å². The van der Waals surface area contributed by atoms with Crippen LogP contribution in [0.15, 0.2) is 6.20 Å². The van der Waals surface area contributed by atoms with E-state index in [4.69, 9.17) is 0 Å². The van der Waals surface area contributed by atoms with Crippen molar-refractivity contribution >= 4 is 22.8 Å².